The zero-order valence-corrected chi connectivity index (χ0v) is 16.9. The van der Waals surface area contributed by atoms with Crippen molar-refractivity contribution in [3.63, 3.8) is 0 Å². The third-order valence-corrected chi connectivity index (χ3v) is 5.43. The lowest BCUT2D eigenvalue weighted by Gasteiger charge is -2.17. The molecule has 1 aliphatic rings. The third-order valence-electron chi connectivity index (χ3n) is 5.43. The monoisotopic (exact) mass is 406 g/mol. The highest BCUT2D eigenvalue weighted by atomic mass is 19.1. The van der Waals surface area contributed by atoms with E-state index in [0.29, 0.717) is 17.7 Å². The molecule has 6 nitrogen and oxygen atoms in total. The summed E-state index contributed by atoms with van der Waals surface area (Å²) in [5, 5.41) is 7.33. The Hall–Kier alpha value is -3.48. The van der Waals surface area contributed by atoms with Gasteiger partial charge in [0.15, 0.2) is 0 Å². The van der Waals surface area contributed by atoms with Crippen molar-refractivity contribution in [2.24, 2.45) is 0 Å². The Labute approximate surface area is 174 Å². The van der Waals surface area contributed by atoms with Crippen LogP contribution in [0, 0.1) is 12.7 Å². The molecule has 30 heavy (non-hydrogen) atoms. The molecule has 1 unspecified atom stereocenters. The third kappa shape index (κ3) is 3.83. The molecule has 2 aromatic carbocycles. The first-order chi connectivity index (χ1) is 14.4. The van der Waals surface area contributed by atoms with Crippen LogP contribution in [0.15, 0.2) is 54.7 Å². The van der Waals surface area contributed by atoms with Crippen molar-refractivity contribution in [3.8, 4) is 5.69 Å². The van der Waals surface area contributed by atoms with Crippen molar-refractivity contribution in [2.75, 3.05) is 11.4 Å². The molecule has 1 aromatic heterocycles. The SMILES string of the molecule is Cc1c(C(C)NC(=O)c2ccc(N3CCCC3=O)cc2)cnn1-c1cccc(F)c1. The Bertz CT molecular complexity index is 1090. The van der Waals surface area contributed by atoms with E-state index < -0.39 is 0 Å². The molecule has 1 N–H and O–H groups in total. The van der Waals surface area contributed by atoms with E-state index in [1.165, 1.54) is 12.1 Å². The Morgan fingerprint density at radius 3 is 2.60 bits per heavy atom. The van der Waals surface area contributed by atoms with Crippen molar-refractivity contribution in [2.45, 2.75) is 32.7 Å². The first-order valence-corrected chi connectivity index (χ1v) is 9.96. The van der Waals surface area contributed by atoms with Crippen molar-refractivity contribution < 1.29 is 14.0 Å². The van der Waals surface area contributed by atoms with Crippen LogP contribution >= 0.6 is 0 Å². The lowest BCUT2D eigenvalue weighted by Crippen LogP contribution is -2.27. The average molecular weight is 406 g/mol. The summed E-state index contributed by atoms with van der Waals surface area (Å²) in [6, 6.07) is 13.0. The van der Waals surface area contributed by atoms with Crippen molar-refractivity contribution >= 4 is 17.5 Å². The van der Waals surface area contributed by atoms with Crippen LogP contribution in [0.3, 0.4) is 0 Å². The normalized spacial score (nSPS) is 14.8. The number of aromatic nitrogens is 2. The van der Waals surface area contributed by atoms with Gasteiger partial charge in [-0.3, -0.25) is 9.59 Å². The zero-order valence-electron chi connectivity index (χ0n) is 16.9. The summed E-state index contributed by atoms with van der Waals surface area (Å²) in [5.41, 5.74) is 3.65. The number of nitrogens with zero attached hydrogens (tertiary/aromatic N) is 3. The van der Waals surface area contributed by atoms with E-state index in [1.807, 2.05) is 13.8 Å². The largest absolute Gasteiger partial charge is 0.345 e. The fraction of sp³-hybridized carbons (Fsp3) is 0.261. The quantitative estimate of drug-likeness (QED) is 0.698. The maximum atomic E-state index is 13.5. The van der Waals surface area contributed by atoms with E-state index in [-0.39, 0.29) is 23.7 Å². The molecule has 0 saturated carbocycles. The second kappa shape index (κ2) is 8.10. The summed E-state index contributed by atoms with van der Waals surface area (Å²) < 4.78 is 15.2. The van der Waals surface area contributed by atoms with Gasteiger partial charge in [-0.1, -0.05) is 6.07 Å². The number of hydrogen-bond donors (Lipinski definition) is 1. The van der Waals surface area contributed by atoms with Crippen LogP contribution in [-0.4, -0.2) is 28.1 Å². The van der Waals surface area contributed by atoms with Crippen LogP contribution in [0.5, 0.6) is 0 Å². The number of halogens is 1. The molecule has 7 heteroatoms. The molecular formula is C23H23FN4O2. The molecule has 154 valence electrons. The summed E-state index contributed by atoms with van der Waals surface area (Å²) in [6.45, 7) is 4.49. The van der Waals surface area contributed by atoms with Gasteiger partial charge >= 0.3 is 0 Å². The van der Waals surface area contributed by atoms with E-state index in [2.05, 4.69) is 10.4 Å². The van der Waals surface area contributed by atoms with E-state index >= 15 is 0 Å². The minimum Gasteiger partial charge on any atom is -0.345 e. The summed E-state index contributed by atoms with van der Waals surface area (Å²) in [4.78, 5) is 26.3. The predicted molar refractivity (Wildman–Crippen MR) is 112 cm³/mol. The maximum absolute atomic E-state index is 13.5. The number of rotatable bonds is 5. The maximum Gasteiger partial charge on any atom is 0.251 e. The molecule has 0 radical (unpaired) electrons. The highest BCUT2D eigenvalue weighted by Gasteiger charge is 2.22. The molecular weight excluding hydrogens is 383 g/mol. The van der Waals surface area contributed by atoms with Gasteiger partial charge in [-0.15, -0.1) is 0 Å². The van der Waals surface area contributed by atoms with Gasteiger partial charge in [0, 0.05) is 35.5 Å². The Morgan fingerprint density at radius 2 is 1.93 bits per heavy atom. The van der Waals surface area contributed by atoms with Gasteiger partial charge < -0.3 is 10.2 Å². The lowest BCUT2D eigenvalue weighted by molar-refractivity contribution is -0.117. The molecule has 1 atom stereocenters. The van der Waals surface area contributed by atoms with Gasteiger partial charge in [0.2, 0.25) is 5.91 Å². The molecule has 2 amide bonds. The number of hydrogen-bond acceptors (Lipinski definition) is 3. The summed E-state index contributed by atoms with van der Waals surface area (Å²) in [7, 11) is 0. The first kappa shape index (κ1) is 19.8. The van der Waals surface area contributed by atoms with Crippen LogP contribution < -0.4 is 10.2 Å². The standard InChI is InChI=1S/C23H23FN4O2/c1-15(21-14-25-28(16(21)2)20-6-3-5-18(24)13-20)26-23(30)17-8-10-19(11-9-17)27-12-4-7-22(27)29/h3,5-6,8-11,13-15H,4,7,12H2,1-2H3,(H,26,30). The van der Waals surface area contributed by atoms with E-state index in [1.54, 1.807) is 52.2 Å². The van der Waals surface area contributed by atoms with Gasteiger partial charge in [0.1, 0.15) is 5.82 Å². The number of benzene rings is 2. The highest BCUT2D eigenvalue weighted by molar-refractivity contribution is 5.97. The van der Waals surface area contributed by atoms with Gasteiger partial charge in [-0.2, -0.15) is 5.10 Å². The molecule has 1 fully saturated rings. The van der Waals surface area contributed by atoms with Crippen molar-refractivity contribution in [1.29, 1.82) is 0 Å². The molecule has 1 aliphatic heterocycles. The molecule has 1 saturated heterocycles. The zero-order chi connectivity index (χ0) is 21.3. The number of amides is 2. The van der Waals surface area contributed by atoms with Crippen molar-refractivity contribution in [1.82, 2.24) is 15.1 Å². The van der Waals surface area contributed by atoms with Gasteiger partial charge in [0.25, 0.3) is 5.91 Å². The summed E-state index contributed by atoms with van der Waals surface area (Å²) in [5.74, 6) is -0.421. The van der Waals surface area contributed by atoms with Crippen LogP contribution in [0.4, 0.5) is 10.1 Å². The van der Waals surface area contributed by atoms with Gasteiger partial charge in [-0.05, 0) is 62.7 Å². The minimum atomic E-state index is -0.329. The van der Waals surface area contributed by atoms with Gasteiger partial charge in [-0.25, -0.2) is 9.07 Å². The van der Waals surface area contributed by atoms with Crippen LogP contribution in [0.2, 0.25) is 0 Å². The molecule has 2 heterocycles. The van der Waals surface area contributed by atoms with Crippen LogP contribution in [0.25, 0.3) is 5.69 Å². The molecule has 4 rings (SSSR count). The average Bonchev–Trinajstić information content (AvgIpc) is 3.33. The number of anilines is 1. The van der Waals surface area contributed by atoms with E-state index in [4.69, 9.17) is 0 Å². The molecule has 3 aromatic rings. The Balaban J connectivity index is 1.47. The van der Waals surface area contributed by atoms with E-state index in [0.717, 1.165) is 29.9 Å². The van der Waals surface area contributed by atoms with E-state index in [9.17, 15) is 14.0 Å². The second-order valence-corrected chi connectivity index (χ2v) is 7.47. The highest BCUT2D eigenvalue weighted by Crippen LogP contribution is 2.23. The Kier molecular flexibility index (Phi) is 5.35. The fourth-order valence-electron chi connectivity index (χ4n) is 3.79. The molecule has 0 bridgehead atoms. The number of nitrogens with one attached hydrogen (secondary N) is 1. The number of carbonyl (C=O) groups excluding carboxylic acids is 2. The fourth-order valence-corrected chi connectivity index (χ4v) is 3.79. The van der Waals surface area contributed by atoms with Crippen LogP contribution in [0.1, 0.15) is 47.4 Å². The second-order valence-electron chi connectivity index (χ2n) is 7.47. The molecule has 0 spiro atoms. The Morgan fingerprint density at radius 1 is 1.17 bits per heavy atom. The summed E-state index contributed by atoms with van der Waals surface area (Å²) >= 11 is 0. The lowest BCUT2D eigenvalue weighted by atomic mass is 10.1. The molecule has 0 aliphatic carbocycles. The summed E-state index contributed by atoms with van der Waals surface area (Å²) in [6.07, 6.45) is 3.12. The minimum absolute atomic E-state index is 0.117. The van der Waals surface area contributed by atoms with Crippen molar-refractivity contribution in [3.05, 3.63) is 77.4 Å². The van der Waals surface area contributed by atoms with Gasteiger partial charge in [0.05, 0.1) is 17.9 Å². The predicted octanol–water partition coefficient (Wildman–Crippen LogP) is 3.94. The first-order valence-electron chi connectivity index (χ1n) is 9.96. The smallest absolute Gasteiger partial charge is 0.251 e. The number of carbonyl (C=O) groups is 2. The topological polar surface area (TPSA) is 67.2 Å². The van der Waals surface area contributed by atoms with Crippen LogP contribution in [-0.2, 0) is 4.79 Å².